The summed E-state index contributed by atoms with van der Waals surface area (Å²) in [5, 5.41) is 5.00. The first kappa shape index (κ1) is 15.2. The molecule has 8 nitrogen and oxygen atoms in total. The summed E-state index contributed by atoms with van der Waals surface area (Å²) in [6, 6.07) is 7.32. The van der Waals surface area contributed by atoms with E-state index in [1.807, 2.05) is 0 Å². The number of aromatic nitrogens is 1. The number of nitrogens with one attached hydrogen (secondary N) is 2. The first-order chi connectivity index (χ1) is 9.70. The Bertz CT molecular complexity index is 912. The molecule has 0 aliphatic carbocycles. The monoisotopic (exact) mass is 329 g/mol. The van der Waals surface area contributed by atoms with Gasteiger partial charge in [0, 0.05) is 12.3 Å². The van der Waals surface area contributed by atoms with Crippen LogP contribution in [0, 0.1) is 0 Å². The third-order valence-electron chi connectivity index (χ3n) is 2.48. The molecule has 1 aromatic heterocycles. The summed E-state index contributed by atoms with van der Waals surface area (Å²) < 4.78 is 49.5. The van der Waals surface area contributed by atoms with Crippen molar-refractivity contribution in [2.45, 2.75) is 9.79 Å². The molecule has 0 aliphatic heterocycles. The van der Waals surface area contributed by atoms with Crippen LogP contribution in [0.25, 0.3) is 0 Å². The second-order valence-corrected chi connectivity index (χ2v) is 7.22. The molecule has 0 aliphatic rings. The van der Waals surface area contributed by atoms with Crippen molar-refractivity contribution in [2.75, 3.05) is 4.72 Å². The van der Waals surface area contributed by atoms with Crippen LogP contribution in [0.15, 0.2) is 57.2 Å². The summed E-state index contributed by atoms with van der Waals surface area (Å²) in [4.78, 5) is 12.2. The molecule has 0 fully saturated rings. The molecule has 10 heteroatoms. The van der Waals surface area contributed by atoms with Gasteiger partial charge in [-0.25, -0.2) is 22.0 Å². The minimum atomic E-state index is -4.19. The Morgan fingerprint density at radius 3 is 2.10 bits per heavy atom. The Morgan fingerprint density at radius 1 is 0.952 bits per heavy atom. The number of benzene rings is 1. The predicted molar refractivity (Wildman–Crippen MR) is 75.7 cm³/mol. The lowest BCUT2D eigenvalue weighted by molar-refractivity contribution is 0.586. The SMILES string of the molecule is NS(=O)(=O)c1ccccc1S(=O)(=O)Nc1ccc(=O)[nH]c1. The minimum absolute atomic E-state index is 0.0822. The van der Waals surface area contributed by atoms with Crippen molar-refractivity contribution in [3.05, 3.63) is 52.9 Å². The average Bonchev–Trinajstić information content (AvgIpc) is 2.40. The first-order valence-electron chi connectivity index (χ1n) is 5.53. The molecule has 1 aromatic carbocycles. The molecule has 0 atom stereocenters. The Labute approximate surface area is 120 Å². The van der Waals surface area contributed by atoms with E-state index < -0.39 is 35.4 Å². The highest BCUT2D eigenvalue weighted by atomic mass is 32.2. The zero-order chi connectivity index (χ0) is 15.7. The maximum atomic E-state index is 12.2. The fourth-order valence-corrected chi connectivity index (χ4v) is 4.02. The van der Waals surface area contributed by atoms with E-state index in [1.54, 1.807) is 0 Å². The van der Waals surface area contributed by atoms with Crippen molar-refractivity contribution in [2.24, 2.45) is 5.14 Å². The Hall–Kier alpha value is -2.17. The van der Waals surface area contributed by atoms with Crippen molar-refractivity contribution in [3.63, 3.8) is 0 Å². The van der Waals surface area contributed by atoms with Gasteiger partial charge in [-0.05, 0) is 18.2 Å². The van der Waals surface area contributed by atoms with Gasteiger partial charge in [0.25, 0.3) is 10.0 Å². The lowest BCUT2D eigenvalue weighted by atomic mass is 10.4. The van der Waals surface area contributed by atoms with Gasteiger partial charge in [0.15, 0.2) is 0 Å². The Morgan fingerprint density at radius 2 is 1.57 bits per heavy atom. The van der Waals surface area contributed by atoms with Crippen molar-refractivity contribution in [1.29, 1.82) is 0 Å². The second-order valence-electron chi connectivity index (χ2n) is 4.04. The number of nitrogens with two attached hydrogens (primary N) is 1. The number of aromatic amines is 1. The van der Waals surface area contributed by atoms with E-state index >= 15 is 0 Å². The van der Waals surface area contributed by atoms with Gasteiger partial charge in [-0.1, -0.05) is 12.1 Å². The van der Waals surface area contributed by atoms with Gasteiger partial charge in [-0.2, -0.15) is 0 Å². The molecular weight excluding hydrogens is 318 g/mol. The fourth-order valence-electron chi connectivity index (χ4n) is 1.59. The second kappa shape index (κ2) is 5.31. The lowest BCUT2D eigenvalue weighted by Gasteiger charge is -2.10. The molecule has 0 bridgehead atoms. The van der Waals surface area contributed by atoms with Crippen LogP contribution in [-0.4, -0.2) is 21.8 Å². The molecule has 2 rings (SSSR count). The Balaban J connectivity index is 2.50. The molecule has 0 unspecified atom stereocenters. The van der Waals surface area contributed by atoms with Gasteiger partial charge in [-0.3, -0.25) is 9.52 Å². The summed E-state index contributed by atoms with van der Waals surface area (Å²) in [5.74, 6) is 0. The average molecular weight is 329 g/mol. The van der Waals surface area contributed by atoms with Gasteiger partial charge in [0.05, 0.1) is 5.69 Å². The molecule has 2 aromatic rings. The van der Waals surface area contributed by atoms with Crippen molar-refractivity contribution >= 4 is 25.7 Å². The molecule has 0 amide bonds. The summed E-state index contributed by atoms with van der Waals surface area (Å²) in [6.07, 6.45) is 1.15. The molecule has 0 spiro atoms. The number of pyridine rings is 1. The summed E-state index contributed by atoms with van der Waals surface area (Å²) in [6.45, 7) is 0. The van der Waals surface area contributed by atoms with E-state index in [0.29, 0.717) is 0 Å². The van der Waals surface area contributed by atoms with Gasteiger partial charge < -0.3 is 4.98 Å². The molecule has 1 heterocycles. The molecule has 21 heavy (non-hydrogen) atoms. The summed E-state index contributed by atoms with van der Waals surface area (Å²) >= 11 is 0. The van der Waals surface area contributed by atoms with E-state index in [4.69, 9.17) is 5.14 Å². The van der Waals surface area contributed by atoms with Gasteiger partial charge in [0.2, 0.25) is 15.6 Å². The Kier molecular flexibility index (Phi) is 3.85. The van der Waals surface area contributed by atoms with E-state index in [9.17, 15) is 21.6 Å². The molecule has 4 N–H and O–H groups in total. The van der Waals surface area contributed by atoms with E-state index in [-0.39, 0.29) is 5.69 Å². The van der Waals surface area contributed by atoms with Crippen LogP contribution in [0.5, 0.6) is 0 Å². The van der Waals surface area contributed by atoms with E-state index in [2.05, 4.69) is 9.71 Å². The highest BCUT2D eigenvalue weighted by molar-refractivity contribution is 7.94. The largest absolute Gasteiger partial charge is 0.327 e. The van der Waals surface area contributed by atoms with Crippen molar-refractivity contribution in [1.82, 2.24) is 4.98 Å². The molecule has 0 saturated carbocycles. The zero-order valence-corrected chi connectivity index (χ0v) is 12.1. The molecule has 0 radical (unpaired) electrons. The molecule has 0 saturated heterocycles. The van der Waals surface area contributed by atoms with Crippen LogP contribution in [0.3, 0.4) is 0 Å². The molecule has 112 valence electrons. The van der Waals surface area contributed by atoms with Gasteiger partial charge >= 0.3 is 0 Å². The van der Waals surface area contributed by atoms with Crippen LogP contribution >= 0.6 is 0 Å². The minimum Gasteiger partial charge on any atom is -0.327 e. The maximum absolute atomic E-state index is 12.2. The third kappa shape index (κ3) is 3.48. The number of sulfonamides is 2. The highest BCUT2D eigenvalue weighted by Crippen LogP contribution is 2.21. The topological polar surface area (TPSA) is 139 Å². The van der Waals surface area contributed by atoms with Gasteiger partial charge in [0.1, 0.15) is 9.79 Å². The van der Waals surface area contributed by atoms with Crippen molar-refractivity contribution < 1.29 is 16.8 Å². The standard InChI is InChI=1S/C11H11N3O5S2/c12-20(16,17)9-3-1-2-4-10(9)21(18,19)14-8-5-6-11(15)13-7-8/h1-7,14H,(H,13,15)(H2,12,16,17). The smallest absolute Gasteiger partial charge is 0.263 e. The van der Waals surface area contributed by atoms with Gasteiger partial charge in [-0.15, -0.1) is 0 Å². The number of hydrogen-bond donors (Lipinski definition) is 3. The van der Waals surface area contributed by atoms with E-state index in [1.165, 1.54) is 18.2 Å². The highest BCUT2D eigenvalue weighted by Gasteiger charge is 2.23. The fraction of sp³-hybridized carbons (Fsp3) is 0. The summed E-state index contributed by atoms with van der Waals surface area (Å²) in [7, 11) is -8.36. The van der Waals surface area contributed by atoms with E-state index in [0.717, 1.165) is 24.4 Å². The molecular formula is C11H11N3O5S2. The number of hydrogen-bond acceptors (Lipinski definition) is 5. The predicted octanol–water partition coefficient (Wildman–Crippen LogP) is -0.177. The quantitative estimate of drug-likeness (QED) is 0.714. The summed E-state index contributed by atoms with van der Waals surface area (Å²) in [5.41, 5.74) is -0.318. The number of rotatable bonds is 4. The van der Waals surface area contributed by atoms with Crippen LogP contribution < -0.4 is 15.4 Å². The maximum Gasteiger partial charge on any atom is 0.263 e. The van der Waals surface area contributed by atoms with Crippen LogP contribution in [0.2, 0.25) is 0 Å². The zero-order valence-electron chi connectivity index (χ0n) is 10.5. The number of primary sulfonamides is 1. The van der Waals surface area contributed by atoms with Crippen LogP contribution in [-0.2, 0) is 20.0 Å². The number of H-pyrrole nitrogens is 1. The number of anilines is 1. The normalized spacial score (nSPS) is 12.0. The van der Waals surface area contributed by atoms with Crippen molar-refractivity contribution in [3.8, 4) is 0 Å². The third-order valence-corrected chi connectivity index (χ3v) is 5.02. The lowest BCUT2D eigenvalue weighted by Crippen LogP contribution is -2.20. The van der Waals surface area contributed by atoms with Crippen LogP contribution in [0.4, 0.5) is 5.69 Å². The first-order valence-corrected chi connectivity index (χ1v) is 8.56. The van der Waals surface area contributed by atoms with Crippen LogP contribution in [0.1, 0.15) is 0 Å².